The Hall–Kier alpha value is -3.54. The van der Waals surface area contributed by atoms with Crippen molar-refractivity contribution in [1.29, 1.82) is 0 Å². The number of hydrogen-bond acceptors (Lipinski definition) is 4. The van der Waals surface area contributed by atoms with E-state index in [1.165, 1.54) is 6.20 Å². The molecule has 3 rings (SSSR count). The normalized spacial score (nSPS) is 10.1. The van der Waals surface area contributed by atoms with Gasteiger partial charge in [-0.3, -0.25) is 19.6 Å². The maximum atomic E-state index is 12.3. The Morgan fingerprint density at radius 2 is 1.56 bits per heavy atom. The zero-order valence-electron chi connectivity index (χ0n) is 13.6. The zero-order chi connectivity index (χ0) is 17.6. The molecule has 0 aliphatic heterocycles. The molecule has 0 aliphatic carbocycles. The van der Waals surface area contributed by atoms with E-state index in [4.69, 9.17) is 0 Å². The van der Waals surface area contributed by atoms with Gasteiger partial charge in [-0.15, -0.1) is 0 Å². The van der Waals surface area contributed by atoms with Gasteiger partial charge in [-0.25, -0.2) is 0 Å². The minimum atomic E-state index is -0.279. The first-order chi connectivity index (χ1) is 12.1. The second-order valence-electron chi connectivity index (χ2n) is 5.41. The van der Waals surface area contributed by atoms with E-state index in [1.807, 2.05) is 6.92 Å². The molecule has 6 heteroatoms. The predicted molar refractivity (Wildman–Crippen MR) is 95.6 cm³/mol. The molecule has 0 aliphatic rings. The van der Waals surface area contributed by atoms with Crippen LogP contribution in [0.3, 0.4) is 0 Å². The van der Waals surface area contributed by atoms with E-state index in [9.17, 15) is 9.59 Å². The number of benzene rings is 1. The highest BCUT2D eigenvalue weighted by atomic mass is 16.2. The third-order valence-corrected chi connectivity index (χ3v) is 3.49. The van der Waals surface area contributed by atoms with Gasteiger partial charge in [-0.1, -0.05) is 6.07 Å². The Kier molecular flexibility index (Phi) is 4.80. The van der Waals surface area contributed by atoms with Crippen LogP contribution in [0.15, 0.2) is 67.1 Å². The molecule has 0 radical (unpaired) electrons. The molecule has 2 N–H and O–H groups in total. The number of hydrogen-bond donors (Lipinski definition) is 2. The lowest BCUT2D eigenvalue weighted by Crippen LogP contribution is -2.15. The van der Waals surface area contributed by atoms with Gasteiger partial charge in [0, 0.05) is 41.2 Å². The van der Waals surface area contributed by atoms with Gasteiger partial charge >= 0.3 is 0 Å². The van der Waals surface area contributed by atoms with Crippen molar-refractivity contribution >= 4 is 23.2 Å². The average Bonchev–Trinajstić information content (AvgIpc) is 2.63. The van der Waals surface area contributed by atoms with Crippen LogP contribution in [0, 0.1) is 6.92 Å². The number of carbonyl (C=O) groups is 2. The summed E-state index contributed by atoms with van der Waals surface area (Å²) in [6.07, 6.45) is 4.72. The van der Waals surface area contributed by atoms with E-state index in [2.05, 4.69) is 20.6 Å². The minimum absolute atomic E-state index is 0.265. The number of amides is 2. The number of carbonyl (C=O) groups excluding carboxylic acids is 2. The summed E-state index contributed by atoms with van der Waals surface area (Å²) in [5, 5.41) is 5.54. The van der Waals surface area contributed by atoms with Crippen molar-refractivity contribution in [2.75, 3.05) is 10.6 Å². The molecule has 3 aromatic rings. The van der Waals surface area contributed by atoms with Crippen LogP contribution in [0.2, 0.25) is 0 Å². The number of nitrogens with zero attached hydrogens (tertiary/aromatic N) is 2. The molecule has 0 atom stereocenters. The summed E-state index contributed by atoms with van der Waals surface area (Å²) in [6, 6.07) is 13.6. The monoisotopic (exact) mass is 332 g/mol. The summed E-state index contributed by atoms with van der Waals surface area (Å²) >= 11 is 0. The van der Waals surface area contributed by atoms with Crippen molar-refractivity contribution in [3.05, 3.63) is 83.9 Å². The zero-order valence-corrected chi connectivity index (χ0v) is 13.6. The number of aromatic nitrogens is 2. The lowest BCUT2D eigenvalue weighted by Gasteiger charge is -2.08. The van der Waals surface area contributed by atoms with Crippen LogP contribution >= 0.6 is 0 Å². The van der Waals surface area contributed by atoms with E-state index in [0.717, 1.165) is 5.69 Å². The van der Waals surface area contributed by atoms with Gasteiger partial charge in [0.1, 0.15) is 0 Å². The number of anilines is 2. The summed E-state index contributed by atoms with van der Waals surface area (Å²) in [5.41, 5.74) is 2.92. The molecule has 0 unspecified atom stereocenters. The second-order valence-corrected chi connectivity index (χ2v) is 5.41. The third-order valence-electron chi connectivity index (χ3n) is 3.49. The first kappa shape index (κ1) is 16.3. The molecular weight excluding hydrogens is 316 g/mol. The molecule has 1 aromatic carbocycles. The molecule has 124 valence electrons. The SMILES string of the molecule is Cc1ccc(C(=O)Nc2cccc(C(=O)Nc3ccncc3)c2)cn1. The lowest BCUT2D eigenvalue weighted by molar-refractivity contribution is 0.101. The van der Waals surface area contributed by atoms with Crippen LogP contribution in [-0.4, -0.2) is 21.8 Å². The average molecular weight is 332 g/mol. The van der Waals surface area contributed by atoms with Crippen LogP contribution in [0.4, 0.5) is 11.4 Å². The van der Waals surface area contributed by atoms with Crippen molar-refractivity contribution in [2.45, 2.75) is 6.92 Å². The maximum absolute atomic E-state index is 12.3. The molecule has 0 spiro atoms. The van der Waals surface area contributed by atoms with E-state index in [0.29, 0.717) is 22.5 Å². The fourth-order valence-electron chi connectivity index (χ4n) is 2.18. The Balaban J connectivity index is 1.71. The summed E-state index contributed by atoms with van der Waals surface area (Å²) < 4.78 is 0. The van der Waals surface area contributed by atoms with E-state index in [1.54, 1.807) is 60.9 Å². The molecular formula is C19H16N4O2. The summed E-state index contributed by atoms with van der Waals surface area (Å²) in [5.74, 6) is -0.543. The quantitative estimate of drug-likeness (QED) is 0.768. The first-order valence-corrected chi connectivity index (χ1v) is 7.67. The Morgan fingerprint density at radius 1 is 0.840 bits per heavy atom. The minimum Gasteiger partial charge on any atom is -0.322 e. The highest BCUT2D eigenvalue weighted by Crippen LogP contribution is 2.14. The highest BCUT2D eigenvalue weighted by Gasteiger charge is 2.10. The third kappa shape index (κ3) is 4.26. The molecule has 0 bridgehead atoms. The number of rotatable bonds is 4. The molecule has 6 nitrogen and oxygen atoms in total. The fourth-order valence-corrected chi connectivity index (χ4v) is 2.18. The molecule has 2 heterocycles. The summed E-state index contributed by atoms with van der Waals surface area (Å²) in [7, 11) is 0. The first-order valence-electron chi connectivity index (χ1n) is 7.67. The molecule has 0 saturated carbocycles. The molecule has 2 amide bonds. The molecule has 25 heavy (non-hydrogen) atoms. The van der Waals surface area contributed by atoms with Gasteiger partial charge in [0.05, 0.1) is 5.56 Å². The standard InChI is InChI=1S/C19H16N4O2/c1-13-5-6-15(12-21-13)19(25)23-17-4-2-3-14(11-17)18(24)22-16-7-9-20-10-8-16/h2-12H,1H3,(H,23,25)(H,20,22,24). The van der Waals surface area contributed by atoms with Gasteiger partial charge in [0.2, 0.25) is 0 Å². The summed E-state index contributed by atoms with van der Waals surface area (Å²) in [6.45, 7) is 1.85. The van der Waals surface area contributed by atoms with Crippen molar-refractivity contribution in [3.8, 4) is 0 Å². The Bertz CT molecular complexity index is 893. The van der Waals surface area contributed by atoms with Gasteiger partial charge in [-0.2, -0.15) is 0 Å². The van der Waals surface area contributed by atoms with Crippen LogP contribution in [0.1, 0.15) is 26.4 Å². The smallest absolute Gasteiger partial charge is 0.257 e. The number of pyridine rings is 2. The maximum Gasteiger partial charge on any atom is 0.257 e. The van der Waals surface area contributed by atoms with Gasteiger partial charge in [0.25, 0.3) is 11.8 Å². The van der Waals surface area contributed by atoms with Crippen molar-refractivity contribution in [2.24, 2.45) is 0 Å². The number of aryl methyl sites for hydroxylation is 1. The van der Waals surface area contributed by atoms with Crippen molar-refractivity contribution in [1.82, 2.24) is 9.97 Å². The van der Waals surface area contributed by atoms with Crippen LogP contribution in [0.25, 0.3) is 0 Å². The van der Waals surface area contributed by atoms with E-state index < -0.39 is 0 Å². The van der Waals surface area contributed by atoms with Crippen LogP contribution in [0.5, 0.6) is 0 Å². The Morgan fingerprint density at radius 3 is 2.28 bits per heavy atom. The van der Waals surface area contributed by atoms with Crippen molar-refractivity contribution in [3.63, 3.8) is 0 Å². The van der Waals surface area contributed by atoms with E-state index in [-0.39, 0.29) is 11.8 Å². The lowest BCUT2D eigenvalue weighted by atomic mass is 10.1. The predicted octanol–water partition coefficient (Wildman–Crippen LogP) is 3.29. The number of nitrogens with one attached hydrogen (secondary N) is 2. The van der Waals surface area contributed by atoms with Gasteiger partial charge in [0.15, 0.2) is 0 Å². The van der Waals surface area contributed by atoms with Gasteiger partial charge < -0.3 is 10.6 Å². The van der Waals surface area contributed by atoms with Crippen molar-refractivity contribution < 1.29 is 9.59 Å². The fraction of sp³-hybridized carbons (Fsp3) is 0.0526. The van der Waals surface area contributed by atoms with Crippen LogP contribution in [-0.2, 0) is 0 Å². The molecule has 0 saturated heterocycles. The van der Waals surface area contributed by atoms with Gasteiger partial charge in [-0.05, 0) is 49.4 Å². The van der Waals surface area contributed by atoms with E-state index >= 15 is 0 Å². The topological polar surface area (TPSA) is 84.0 Å². The second kappa shape index (κ2) is 7.35. The largest absolute Gasteiger partial charge is 0.322 e. The molecule has 0 fully saturated rings. The highest BCUT2D eigenvalue weighted by molar-refractivity contribution is 6.07. The summed E-state index contributed by atoms with van der Waals surface area (Å²) in [4.78, 5) is 32.6. The van der Waals surface area contributed by atoms with Crippen LogP contribution < -0.4 is 10.6 Å². The Labute approximate surface area is 145 Å². The molecule has 2 aromatic heterocycles.